The molecule has 0 amide bonds. The molecule has 2 aromatic heterocycles. The molecule has 2 heterocycles. The Morgan fingerprint density at radius 1 is 1.11 bits per heavy atom. The molecule has 1 N–H and O–H groups in total. The Morgan fingerprint density at radius 2 is 1.89 bits per heavy atom. The number of thiazole rings is 1. The second-order valence-corrected chi connectivity index (χ2v) is 11.1. The van der Waals surface area contributed by atoms with E-state index < -0.39 is 10.0 Å². The SMILES string of the molecule is CCOc1ccc(-c2noc(CNS(=O)(=O)c3ccc4c(c3)sc(=O)n4Cc3ccccc3Cl)n2)cc1. The summed E-state index contributed by atoms with van der Waals surface area (Å²) in [6.45, 7) is 2.56. The molecule has 0 bridgehead atoms. The van der Waals surface area contributed by atoms with Crippen LogP contribution in [0.5, 0.6) is 5.75 Å². The van der Waals surface area contributed by atoms with Crippen LogP contribution >= 0.6 is 22.9 Å². The zero-order valence-electron chi connectivity index (χ0n) is 19.5. The molecule has 5 aromatic rings. The van der Waals surface area contributed by atoms with E-state index in [9.17, 15) is 13.2 Å². The van der Waals surface area contributed by atoms with Crippen molar-refractivity contribution in [1.29, 1.82) is 0 Å². The van der Waals surface area contributed by atoms with Gasteiger partial charge in [-0.05, 0) is 61.0 Å². The molecule has 0 fully saturated rings. The third-order valence-electron chi connectivity index (χ3n) is 5.54. The van der Waals surface area contributed by atoms with E-state index in [0.717, 1.165) is 22.6 Å². The second-order valence-electron chi connectivity index (χ2n) is 7.97. The van der Waals surface area contributed by atoms with Crippen molar-refractivity contribution in [2.24, 2.45) is 0 Å². The number of aromatic nitrogens is 3. The smallest absolute Gasteiger partial charge is 0.308 e. The number of fused-ring (bicyclic) bond motifs is 1. The fraction of sp³-hybridized carbons (Fsp3) is 0.160. The van der Waals surface area contributed by atoms with E-state index in [1.165, 1.54) is 12.1 Å². The van der Waals surface area contributed by atoms with Crippen LogP contribution in [0, 0.1) is 0 Å². The van der Waals surface area contributed by atoms with E-state index in [4.69, 9.17) is 20.9 Å². The number of hydrogen-bond acceptors (Lipinski definition) is 8. The molecule has 9 nitrogen and oxygen atoms in total. The first kappa shape index (κ1) is 25.2. The normalized spacial score (nSPS) is 11.7. The van der Waals surface area contributed by atoms with Crippen LogP contribution in [0.25, 0.3) is 21.6 Å². The van der Waals surface area contributed by atoms with Crippen molar-refractivity contribution in [2.75, 3.05) is 6.61 Å². The zero-order chi connectivity index (χ0) is 26.0. The highest BCUT2D eigenvalue weighted by Crippen LogP contribution is 2.25. The Balaban J connectivity index is 1.31. The summed E-state index contributed by atoms with van der Waals surface area (Å²) in [6, 6.07) is 19.0. The van der Waals surface area contributed by atoms with Gasteiger partial charge in [0, 0.05) is 10.6 Å². The van der Waals surface area contributed by atoms with Gasteiger partial charge in [0.25, 0.3) is 0 Å². The number of nitrogens with one attached hydrogen (secondary N) is 1. The largest absolute Gasteiger partial charge is 0.494 e. The van der Waals surface area contributed by atoms with Crippen molar-refractivity contribution < 1.29 is 17.7 Å². The van der Waals surface area contributed by atoms with Gasteiger partial charge in [0.2, 0.25) is 21.7 Å². The number of sulfonamides is 1. The summed E-state index contributed by atoms with van der Waals surface area (Å²) >= 11 is 7.22. The molecule has 0 radical (unpaired) electrons. The minimum Gasteiger partial charge on any atom is -0.494 e. The minimum atomic E-state index is -3.91. The van der Waals surface area contributed by atoms with Crippen LogP contribution in [-0.2, 0) is 23.1 Å². The summed E-state index contributed by atoms with van der Waals surface area (Å²) in [7, 11) is -3.91. The number of halogens is 1. The summed E-state index contributed by atoms with van der Waals surface area (Å²) in [5.41, 5.74) is 2.14. The molecule has 5 rings (SSSR count). The number of nitrogens with zero attached hydrogens (tertiary/aromatic N) is 3. The third-order valence-corrected chi connectivity index (χ3v) is 8.25. The highest BCUT2D eigenvalue weighted by Gasteiger charge is 2.19. The Bertz CT molecular complexity index is 1730. The van der Waals surface area contributed by atoms with E-state index in [1.54, 1.807) is 41.0 Å². The van der Waals surface area contributed by atoms with Gasteiger partial charge >= 0.3 is 4.87 Å². The van der Waals surface area contributed by atoms with Crippen LogP contribution in [0.3, 0.4) is 0 Å². The summed E-state index contributed by atoms with van der Waals surface area (Å²) in [5, 5.41) is 4.48. The van der Waals surface area contributed by atoms with Crippen LogP contribution in [0.15, 0.2) is 80.9 Å². The maximum atomic E-state index is 12.9. The first-order chi connectivity index (χ1) is 17.8. The molecular formula is C25H21ClN4O5S2. The van der Waals surface area contributed by atoms with Gasteiger partial charge in [0.1, 0.15) is 5.75 Å². The first-order valence-corrected chi connectivity index (χ1v) is 13.9. The zero-order valence-corrected chi connectivity index (χ0v) is 21.9. The molecule has 37 heavy (non-hydrogen) atoms. The summed E-state index contributed by atoms with van der Waals surface area (Å²) in [6.07, 6.45) is 0. The summed E-state index contributed by atoms with van der Waals surface area (Å²) in [5.74, 6) is 1.18. The van der Waals surface area contributed by atoms with Gasteiger partial charge in [-0.1, -0.05) is 46.3 Å². The van der Waals surface area contributed by atoms with Crippen molar-refractivity contribution in [3.05, 3.63) is 92.9 Å². The van der Waals surface area contributed by atoms with Gasteiger partial charge in [-0.25, -0.2) is 13.1 Å². The molecule has 3 aromatic carbocycles. The van der Waals surface area contributed by atoms with Crippen molar-refractivity contribution in [1.82, 2.24) is 19.4 Å². The lowest BCUT2D eigenvalue weighted by molar-refractivity contribution is 0.340. The van der Waals surface area contributed by atoms with Crippen LogP contribution in [0.1, 0.15) is 18.4 Å². The quantitative estimate of drug-likeness (QED) is 0.280. The van der Waals surface area contributed by atoms with Gasteiger partial charge in [-0.3, -0.25) is 9.36 Å². The Labute approximate surface area is 221 Å². The first-order valence-electron chi connectivity index (χ1n) is 11.3. The van der Waals surface area contributed by atoms with Crippen LogP contribution in [0.2, 0.25) is 5.02 Å². The topological polar surface area (TPSA) is 116 Å². The predicted octanol–water partition coefficient (Wildman–Crippen LogP) is 4.69. The minimum absolute atomic E-state index is 0.0254. The highest BCUT2D eigenvalue weighted by molar-refractivity contribution is 7.89. The monoisotopic (exact) mass is 556 g/mol. The van der Waals surface area contributed by atoms with Gasteiger partial charge in [0.15, 0.2) is 0 Å². The molecule has 0 saturated heterocycles. The van der Waals surface area contributed by atoms with E-state index in [2.05, 4.69) is 14.9 Å². The average molecular weight is 557 g/mol. The maximum absolute atomic E-state index is 12.9. The Hall–Kier alpha value is -3.51. The van der Waals surface area contributed by atoms with E-state index in [0.29, 0.717) is 33.2 Å². The third kappa shape index (κ3) is 5.44. The molecule has 0 atom stereocenters. The molecule has 12 heteroatoms. The molecule has 0 spiro atoms. The fourth-order valence-electron chi connectivity index (χ4n) is 3.71. The average Bonchev–Trinajstić information content (AvgIpc) is 3.49. The maximum Gasteiger partial charge on any atom is 0.308 e. The van der Waals surface area contributed by atoms with Gasteiger partial charge in [-0.2, -0.15) is 4.98 Å². The highest BCUT2D eigenvalue weighted by atomic mass is 35.5. The number of hydrogen-bond donors (Lipinski definition) is 1. The molecule has 0 aliphatic carbocycles. The predicted molar refractivity (Wildman–Crippen MR) is 142 cm³/mol. The van der Waals surface area contributed by atoms with Crippen molar-refractivity contribution >= 4 is 43.2 Å². The van der Waals surface area contributed by atoms with Crippen LogP contribution in [-0.4, -0.2) is 29.7 Å². The molecule has 0 aliphatic heterocycles. The standard InChI is InChI=1S/C25H21ClN4O5S2/c1-2-34-18-9-7-16(8-10-18)24-28-23(35-29-24)14-27-37(32,33)19-11-12-21-22(13-19)36-25(31)30(21)15-17-5-3-4-6-20(17)26/h3-13,27H,2,14-15H2,1H3. The lowest BCUT2D eigenvalue weighted by atomic mass is 10.2. The fourth-order valence-corrected chi connectivity index (χ4v) is 5.91. The van der Waals surface area contributed by atoms with Crippen molar-refractivity contribution in [3.63, 3.8) is 0 Å². The summed E-state index contributed by atoms with van der Waals surface area (Å²) in [4.78, 5) is 16.7. The number of rotatable bonds is 9. The van der Waals surface area contributed by atoms with E-state index in [-0.39, 0.29) is 28.7 Å². The van der Waals surface area contributed by atoms with Crippen molar-refractivity contribution in [3.8, 4) is 17.1 Å². The Kier molecular flexibility index (Phi) is 7.11. The Morgan fingerprint density at radius 3 is 2.65 bits per heavy atom. The lowest BCUT2D eigenvalue weighted by Crippen LogP contribution is -2.23. The van der Waals surface area contributed by atoms with Crippen LogP contribution in [0.4, 0.5) is 0 Å². The van der Waals surface area contributed by atoms with Crippen LogP contribution < -0.4 is 14.3 Å². The second kappa shape index (κ2) is 10.5. The van der Waals surface area contributed by atoms with Gasteiger partial charge in [0.05, 0.1) is 34.8 Å². The molecule has 0 unspecified atom stereocenters. The lowest BCUT2D eigenvalue weighted by Gasteiger charge is -2.07. The summed E-state index contributed by atoms with van der Waals surface area (Å²) < 4.78 is 41.1. The molecule has 0 saturated carbocycles. The number of ether oxygens (including phenoxy) is 1. The van der Waals surface area contributed by atoms with Gasteiger partial charge in [-0.15, -0.1) is 0 Å². The van der Waals surface area contributed by atoms with Crippen molar-refractivity contribution in [2.45, 2.75) is 24.9 Å². The molecular weight excluding hydrogens is 536 g/mol. The van der Waals surface area contributed by atoms with E-state index >= 15 is 0 Å². The van der Waals surface area contributed by atoms with Gasteiger partial charge < -0.3 is 9.26 Å². The van der Waals surface area contributed by atoms with E-state index in [1.807, 2.05) is 25.1 Å². The molecule has 0 aliphatic rings. The molecule has 190 valence electrons. The number of benzene rings is 3.